The minimum absolute atomic E-state index is 0.292. The van der Waals surface area contributed by atoms with E-state index in [0.717, 1.165) is 5.56 Å². The summed E-state index contributed by atoms with van der Waals surface area (Å²) < 4.78 is 5.59. The number of rotatable bonds is 6. The van der Waals surface area contributed by atoms with Crippen LogP contribution in [0.15, 0.2) is 72.9 Å². The topological polar surface area (TPSA) is 94.3 Å². The number of carbonyl (C=O) groups is 2. The van der Waals surface area contributed by atoms with Crippen molar-refractivity contribution in [2.24, 2.45) is 5.73 Å². The summed E-state index contributed by atoms with van der Waals surface area (Å²) >= 11 is 5.83. The number of amides is 2. The molecule has 28 heavy (non-hydrogen) atoms. The number of hydrogen-bond acceptors (Lipinski definition) is 4. The number of ether oxygens (including phenoxy) is 1. The average Bonchev–Trinajstić information content (AvgIpc) is 2.69. The van der Waals surface area contributed by atoms with Gasteiger partial charge in [0, 0.05) is 22.7 Å². The Bertz CT molecular complexity index is 1020. The number of nitrogens with zero attached hydrogens (tertiary/aromatic N) is 1. The molecule has 0 unspecified atom stereocenters. The Morgan fingerprint density at radius 1 is 1.07 bits per heavy atom. The first kappa shape index (κ1) is 19.1. The molecule has 0 aliphatic carbocycles. The third-order valence-corrected chi connectivity index (χ3v) is 3.89. The molecule has 0 saturated carbocycles. The van der Waals surface area contributed by atoms with Crippen molar-refractivity contribution < 1.29 is 14.3 Å². The molecule has 0 spiro atoms. The quantitative estimate of drug-likeness (QED) is 0.611. The van der Waals surface area contributed by atoms with Gasteiger partial charge in [0.2, 0.25) is 17.7 Å². The van der Waals surface area contributed by atoms with Crippen LogP contribution in [0.3, 0.4) is 0 Å². The zero-order chi connectivity index (χ0) is 19.9. The number of aromatic nitrogens is 1. The van der Waals surface area contributed by atoms with Gasteiger partial charge in [-0.3, -0.25) is 9.59 Å². The fraction of sp³-hybridized carbons (Fsp3) is 0. The van der Waals surface area contributed by atoms with Crippen molar-refractivity contribution in [2.45, 2.75) is 0 Å². The van der Waals surface area contributed by atoms with E-state index in [1.807, 2.05) is 12.1 Å². The van der Waals surface area contributed by atoms with Crippen molar-refractivity contribution in [3.63, 3.8) is 0 Å². The standard InChI is InChI=1S/C21H16ClN3O3/c22-16-7-4-14(5-8-16)6-10-19(26)25-17-9-11-20(24-13-17)28-18-3-1-2-15(12-18)21(23)27/h1-13H,(H2,23,27)(H,25,26). The second-order valence-corrected chi connectivity index (χ2v) is 6.19. The molecule has 0 aliphatic heterocycles. The third kappa shape index (κ3) is 5.43. The van der Waals surface area contributed by atoms with Crippen molar-refractivity contribution in [3.8, 4) is 11.6 Å². The highest BCUT2D eigenvalue weighted by Gasteiger charge is 2.05. The Morgan fingerprint density at radius 3 is 2.54 bits per heavy atom. The highest BCUT2D eigenvalue weighted by molar-refractivity contribution is 6.30. The van der Waals surface area contributed by atoms with Gasteiger partial charge in [0.15, 0.2) is 0 Å². The van der Waals surface area contributed by atoms with Gasteiger partial charge in [-0.2, -0.15) is 0 Å². The predicted octanol–water partition coefficient (Wildman–Crippen LogP) is 4.28. The number of halogens is 1. The van der Waals surface area contributed by atoms with Crippen LogP contribution in [0, 0.1) is 0 Å². The molecule has 7 heteroatoms. The fourth-order valence-corrected chi connectivity index (χ4v) is 2.40. The molecule has 2 amide bonds. The monoisotopic (exact) mass is 393 g/mol. The Balaban J connectivity index is 1.59. The largest absolute Gasteiger partial charge is 0.439 e. The van der Waals surface area contributed by atoms with Gasteiger partial charge in [-0.1, -0.05) is 29.8 Å². The molecule has 0 bridgehead atoms. The van der Waals surface area contributed by atoms with Gasteiger partial charge in [-0.05, 0) is 48.0 Å². The van der Waals surface area contributed by atoms with Gasteiger partial charge in [0.1, 0.15) is 5.75 Å². The van der Waals surface area contributed by atoms with Crippen LogP contribution in [-0.2, 0) is 4.79 Å². The second kappa shape index (κ2) is 8.83. The van der Waals surface area contributed by atoms with Gasteiger partial charge in [-0.25, -0.2) is 4.98 Å². The summed E-state index contributed by atoms with van der Waals surface area (Å²) in [6.45, 7) is 0. The number of hydrogen-bond donors (Lipinski definition) is 2. The van der Waals surface area contributed by atoms with Crippen molar-refractivity contribution in [3.05, 3.63) is 89.1 Å². The molecule has 3 rings (SSSR count). The Morgan fingerprint density at radius 2 is 1.86 bits per heavy atom. The lowest BCUT2D eigenvalue weighted by atomic mass is 10.2. The molecule has 0 aliphatic rings. The number of nitrogens with one attached hydrogen (secondary N) is 1. The maximum absolute atomic E-state index is 12.0. The van der Waals surface area contributed by atoms with E-state index in [-0.39, 0.29) is 5.91 Å². The molecule has 140 valence electrons. The van der Waals surface area contributed by atoms with Crippen LogP contribution < -0.4 is 15.8 Å². The summed E-state index contributed by atoms with van der Waals surface area (Å²) in [5.41, 5.74) is 6.97. The second-order valence-electron chi connectivity index (χ2n) is 5.75. The fourth-order valence-electron chi connectivity index (χ4n) is 2.28. The molecular formula is C21H16ClN3O3. The summed E-state index contributed by atoms with van der Waals surface area (Å²) in [6.07, 6.45) is 4.58. The molecule has 0 fully saturated rings. The molecule has 0 radical (unpaired) electrons. The van der Waals surface area contributed by atoms with Gasteiger partial charge in [0.05, 0.1) is 11.9 Å². The highest BCUT2D eigenvalue weighted by Crippen LogP contribution is 2.21. The lowest BCUT2D eigenvalue weighted by molar-refractivity contribution is -0.111. The SMILES string of the molecule is NC(=O)c1cccc(Oc2ccc(NC(=O)C=Cc3ccc(Cl)cc3)cn2)c1. The maximum Gasteiger partial charge on any atom is 0.248 e. The average molecular weight is 394 g/mol. The van der Waals surface area contributed by atoms with Gasteiger partial charge in [0.25, 0.3) is 0 Å². The molecular weight excluding hydrogens is 378 g/mol. The van der Waals surface area contributed by atoms with Crippen molar-refractivity contribution in [1.82, 2.24) is 4.98 Å². The molecule has 6 nitrogen and oxygen atoms in total. The molecule has 1 aromatic heterocycles. The van der Waals surface area contributed by atoms with Crippen LogP contribution in [0.25, 0.3) is 6.08 Å². The van der Waals surface area contributed by atoms with E-state index in [9.17, 15) is 9.59 Å². The summed E-state index contributed by atoms with van der Waals surface area (Å²) in [5.74, 6) is -0.0782. The summed E-state index contributed by atoms with van der Waals surface area (Å²) in [6, 6.07) is 16.9. The van der Waals surface area contributed by atoms with E-state index >= 15 is 0 Å². The van der Waals surface area contributed by atoms with Gasteiger partial charge >= 0.3 is 0 Å². The number of nitrogens with two attached hydrogens (primary N) is 1. The lowest BCUT2D eigenvalue weighted by Crippen LogP contribution is -2.10. The first-order chi connectivity index (χ1) is 13.5. The van der Waals surface area contributed by atoms with E-state index in [4.69, 9.17) is 22.1 Å². The molecule has 3 aromatic rings. The van der Waals surface area contributed by atoms with Crippen molar-refractivity contribution in [2.75, 3.05) is 5.32 Å². The van der Waals surface area contributed by atoms with E-state index in [1.54, 1.807) is 48.5 Å². The molecule has 0 saturated heterocycles. The van der Waals surface area contributed by atoms with E-state index in [2.05, 4.69) is 10.3 Å². The summed E-state index contributed by atoms with van der Waals surface area (Å²) in [5, 5.41) is 3.34. The number of benzene rings is 2. The van der Waals surface area contributed by atoms with Crippen LogP contribution in [0.5, 0.6) is 11.6 Å². The van der Waals surface area contributed by atoms with Gasteiger partial charge in [-0.15, -0.1) is 0 Å². The first-order valence-corrected chi connectivity index (χ1v) is 8.66. The number of carbonyl (C=O) groups excluding carboxylic acids is 2. The van der Waals surface area contributed by atoms with Crippen molar-refractivity contribution in [1.29, 1.82) is 0 Å². The number of anilines is 1. The predicted molar refractivity (Wildman–Crippen MR) is 108 cm³/mol. The molecule has 0 atom stereocenters. The van der Waals surface area contributed by atoms with Crippen LogP contribution in [0.4, 0.5) is 5.69 Å². The highest BCUT2D eigenvalue weighted by atomic mass is 35.5. The normalized spacial score (nSPS) is 10.6. The summed E-state index contributed by atoms with van der Waals surface area (Å²) in [4.78, 5) is 27.4. The minimum atomic E-state index is -0.539. The van der Waals surface area contributed by atoms with Crippen LogP contribution >= 0.6 is 11.6 Å². The van der Waals surface area contributed by atoms with E-state index in [1.165, 1.54) is 18.3 Å². The Kier molecular flexibility index (Phi) is 6.04. The van der Waals surface area contributed by atoms with Crippen LogP contribution in [0.1, 0.15) is 15.9 Å². The van der Waals surface area contributed by atoms with Gasteiger partial charge < -0.3 is 15.8 Å². The Hall–Kier alpha value is -3.64. The zero-order valence-corrected chi connectivity index (χ0v) is 15.4. The third-order valence-electron chi connectivity index (χ3n) is 3.64. The minimum Gasteiger partial charge on any atom is -0.439 e. The maximum atomic E-state index is 12.0. The molecule has 1 heterocycles. The number of primary amides is 1. The molecule has 3 N–H and O–H groups in total. The van der Waals surface area contributed by atoms with Crippen molar-refractivity contribution >= 4 is 35.2 Å². The van der Waals surface area contributed by atoms with E-state index in [0.29, 0.717) is 27.9 Å². The first-order valence-electron chi connectivity index (χ1n) is 8.28. The van der Waals surface area contributed by atoms with Crippen LogP contribution in [-0.4, -0.2) is 16.8 Å². The van der Waals surface area contributed by atoms with Crippen LogP contribution in [0.2, 0.25) is 5.02 Å². The lowest BCUT2D eigenvalue weighted by Gasteiger charge is -2.07. The number of pyridine rings is 1. The molecule has 2 aromatic carbocycles. The Labute approximate surface area is 166 Å². The summed E-state index contributed by atoms with van der Waals surface area (Å²) in [7, 11) is 0. The zero-order valence-electron chi connectivity index (χ0n) is 14.6. The smallest absolute Gasteiger partial charge is 0.248 e. The van der Waals surface area contributed by atoms with E-state index < -0.39 is 5.91 Å².